The maximum Gasteiger partial charge on any atom is 0.536 e. The second kappa shape index (κ2) is 1.94. The Morgan fingerprint density at radius 2 is 1.86 bits per heavy atom. The van der Waals surface area contributed by atoms with Crippen LogP contribution in [0.1, 0.15) is 0 Å². The number of carboxylic acid groups (broad SMARTS) is 1. The lowest BCUT2D eigenvalue weighted by Gasteiger charge is -2.07. The molecule has 0 aromatic heterocycles. The average Bonchev–Trinajstić information content (AvgIpc) is 1.31. The Labute approximate surface area is 52.6 Å². The van der Waals surface area contributed by atoms with Crippen molar-refractivity contribution in [1.29, 1.82) is 0 Å². The molecule has 7 heavy (non-hydrogen) atoms. The zero-order valence-corrected chi connectivity index (χ0v) is 5.49. The molecule has 0 radical (unpaired) electrons. The number of quaternary nitrogens is 1. The first-order chi connectivity index (χ1) is 2.94. The van der Waals surface area contributed by atoms with Crippen molar-refractivity contribution < 1.29 is 13.2 Å². The Kier molecular flexibility index (Phi) is 1.97. The number of hydrogen-bond acceptors (Lipinski definition) is 3. The topological polar surface area (TPSA) is 37.3 Å². The lowest BCUT2D eigenvalue weighted by Crippen LogP contribution is -2.27. The van der Waals surface area contributed by atoms with Gasteiger partial charge < -0.3 is 5.11 Å². The molecule has 0 aliphatic carbocycles. The number of amides is 1. The predicted molar refractivity (Wildman–Crippen MR) is 32.2 cm³/mol. The zero-order valence-electron chi connectivity index (χ0n) is 3.70. The van der Waals surface area contributed by atoms with Gasteiger partial charge in [0.2, 0.25) is 0 Å². The van der Waals surface area contributed by atoms with E-state index in [2.05, 4.69) is 25.6 Å². The molecule has 0 saturated carbocycles. The maximum absolute atomic E-state index is 9.84. The molecule has 5 heteroatoms. The molecule has 0 aromatic rings. The van der Waals surface area contributed by atoms with Crippen LogP contribution in [0.25, 0.3) is 0 Å². The van der Waals surface area contributed by atoms with Gasteiger partial charge in [-0.25, -0.2) is 0 Å². The smallest absolute Gasteiger partial charge is 0.434 e. The summed E-state index contributed by atoms with van der Waals surface area (Å²) in [4.78, 5) is 9.84. The van der Waals surface area contributed by atoms with Crippen molar-refractivity contribution in [3.05, 3.63) is 0 Å². The quantitative estimate of drug-likeness (QED) is 0.344. The number of nitrogens with zero attached hydrogens (tertiary/aromatic N) is 1. The SMILES string of the molecule is C[N+](S)(S)C(=O)O. The average molecular weight is 140 g/mol. The molecule has 0 heterocycles. The van der Waals surface area contributed by atoms with E-state index in [1.165, 1.54) is 7.05 Å². The third-order valence-corrected chi connectivity index (χ3v) is 0.705. The molecule has 0 unspecified atom stereocenters. The van der Waals surface area contributed by atoms with Crippen LogP contribution in [0, 0.1) is 0 Å². The largest absolute Gasteiger partial charge is 0.536 e. The summed E-state index contributed by atoms with van der Waals surface area (Å²) in [6.45, 7) is 0. The van der Waals surface area contributed by atoms with E-state index in [4.69, 9.17) is 5.11 Å². The number of carbonyl (C=O) groups is 1. The standard InChI is InChI=1S/C2H5NO2S2/c1-3(6,7)2(4)5/h6-7H,1H3/p+1. The minimum Gasteiger partial charge on any atom is -0.434 e. The van der Waals surface area contributed by atoms with Gasteiger partial charge in [0.15, 0.2) is 0 Å². The first-order valence-electron chi connectivity index (χ1n) is 1.50. The van der Waals surface area contributed by atoms with Crippen LogP contribution in [0.2, 0.25) is 0 Å². The highest BCUT2D eigenvalue weighted by Crippen LogP contribution is 2.09. The molecule has 0 spiro atoms. The van der Waals surface area contributed by atoms with Crippen molar-refractivity contribution >= 4 is 31.7 Å². The van der Waals surface area contributed by atoms with Crippen molar-refractivity contribution in [3.8, 4) is 0 Å². The molecule has 0 aliphatic heterocycles. The first kappa shape index (κ1) is 7.13. The lowest BCUT2D eigenvalue weighted by atomic mass is 11.1. The highest BCUT2D eigenvalue weighted by atomic mass is 32.2. The van der Waals surface area contributed by atoms with Crippen LogP contribution in [0.4, 0.5) is 4.79 Å². The summed E-state index contributed by atoms with van der Waals surface area (Å²) in [5.74, 6) is 0. The Balaban J connectivity index is 3.79. The summed E-state index contributed by atoms with van der Waals surface area (Å²) in [5, 5.41) is 8.07. The number of thiol groups is 2. The number of rotatable bonds is 0. The van der Waals surface area contributed by atoms with Crippen molar-refractivity contribution in [1.82, 2.24) is 0 Å². The van der Waals surface area contributed by atoms with Gasteiger partial charge in [-0.15, -0.1) is 3.29 Å². The van der Waals surface area contributed by atoms with E-state index in [-0.39, 0.29) is 0 Å². The Morgan fingerprint density at radius 3 is 1.86 bits per heavy atom. The fourth-order valence-electron chi connectivity index (χ4n) is 0. The highest BCUT2D eigenvalue weighted by molar-refractivity contribution is 7.88. The van der Waals surface area contributed by atoms with Gasteiger partial charge in [0.25, 0.3) is 0 Å². The summed E-state index contributed by atoms with van der Waals surface area (Å²) in [5.41, 5.74) is 0. The highest BCUT2D eigenvalue weighted by Gasteiger charge is 2.22. The van der Waals surface area contributed by atoms with E-state index < -0.39 is 9.39 Å². The summed E-state index contributed by atoms with van der Waals surface area (Å²) in [6.07, 6.45) is -1.09. The minimum atomic E-state index is -1.09. The fourth-order valence-corrected chi connectivity index (χ4v) is 0. The molecule has 0 aliphatic rings. The molecule has 0 bridgehead atoms. The molecule has 0 fully saturated rings. The van der Waals surface area contributed by atoms with Gasteiger partial charge in [-0.3, -0.25) is 0 Å². The Morgan fingerprint density at radius 1 is 1.71 bits per heavy atom. The predicted octanol–water partition coefficient (Wildman–Crippen LogP) is 0.801. The van der Waals surface area contributed by atoms with Crippen molar-refractivity contribution in [2.75, 3.05) is 7.05 Å². The fraction of sp³-hybridized carbons (Fsp3) is 0.500. The van der Waals surface area contributed by atoms with Crippen LogP contribution >= 0.6 is 25.6 Å². The Hall–Kier alpha value is 0.130. The van der Waals surface area contributed by atoms with Crippen LogP contribution in [-0.2, 0) is 0 Å². The minimum absolute atomic E-state index is 0.639. The molecule has 0 saturated heterocycles. The Bertz CT molecular complexity index is 86.2. The molecule has 1 N–H and O–H groups in total. The van der Waals surface area contributed by atoms with Crippen molar-refractivity contribution in [3.63, 3.8) is 0 Å². The maximum atomic E-state index is 9.84. The van der Waals surface area contributed by atoms with Crippen molar-refractivity contribution in [2.45, 2.75) is 0 Å². The molecule has 42 valence electrons. The van der Waals surface area contributed by atoms with Crippen LogP contribution in [0.15, 0.2) is 0 Å². The summed E-state index contributed by atoms with van der Waals surface area (Å²) in [6, 6.07) is 0. The molecular weight excluding hydrogens is 134 g/mol. The summed E-state index contributed by atoms with van der Waals surface area (Å²) in [7, 11) is 1.33. The van der Waals surface area contributed by atoms with Crippen LogP contribution in [0.5, 0.6) is 0 Å². The van der Waals surface area contributed by atoms with E-state index in [0.717, 1.165) is 0 Å². The normalized spacial score (nSPS) is 11.3. The second-order valence-corrected chi connectivity index (χ2v) is 3.11. The molecule has 0 aromatic carbocycles. The van der Waals surface area contributed by atoms with E-state index >= 15 is 0 Å². The molecular formula is C2H6NO2S2+. The van der Waals surface area contributed by atoms with Gasteiger partial charge in [0.1, 0.15) is 7.05 Å². The van der Waals surface area contributed by atoms with Gasteiger partial charge in [-0.05, 0) is 0 Å². The van der Waals surface area contributed by atoms with E-state index in [9.17, 15) is 4.79 Å². The molecule has 0 atom stereocenters. The monoisotopic (exact) mass is 140 g/mol. The van der Waals surface area contributed by atoms with Gasteiger partial charge in [-0.2, -0.15) is 4.79 Å². The number of hydrogen-bond donors (Lipinski definition) is 3. The van der Waals surface area contributed by atoms with Gasteiger partial charge in [0, 0.05) is 0 Å². The lowest BCUT2D eigenvalue weighted by molar-refractivity contribution is -0.526. The first-order valence-corrected chi connectivity index (χ1v) is 2.30. The summed E-state index contributed by atoms with van der Waals surface area (Å²) < 4.78 is -0.639. The molecule has 1 amide bonds. The van der Waals surface area contributed by atoms with E-state index in [1.807, 2.05) is 0 Å². The second-order valence-electron chi connectivity index (χ2n) is 1.20. The van der Waals surface area contributed by atoms with Crippen LogP contribution in [0.3, 0.4) is 0 Å². The third-order valence-electron chi connectivity index (χ3n) is 0.362. The van der Waals surface area contributed by atoms with Crippen molar-refractivity contribution in [2.24, 2.45) is 0 Å². The zero-order chi connectivity index (χ0) is 6.08. The van der Waals surface area contributed by atoms with E-state index in [1.54, 1.807) is 0 Å². The third kappa shape index (κ3) is 2.78. The van der Waals surface area contributed by atoms with Gasteiger partial charge in [0.05, 0.1) is 25.6 Å². The van der Waals surface area contributed by atoms with Crippen LogP contribution < -0.4 is 0 Å². The van der Waals surface area contributed by atoms with E-state index in [0.29, 0.717) is 0 Å². The van der Waals surface area contributed by atoms with Gasteiger partial charge >= 0.3 is 6.09 Å². The molecule has 0 rings (SSSR count). The van der Waals surface area contributed by atoms with Crippen LogP contribution in [-0.4, -0.2) is 21.5 Å². The summed E-state index contributed by atoms with van der Waals surface area (Å²) >= 11 is 7.10. The van der Waals surface area contributed by atoms with Gasteiger partial charge in [-0.1, -0.05) is 0 Å². The molecule has 3 nitrogen and oxygen atoms in total.